The van der Waals surface area contributed by atoms with E-state index in [4.69, 9.17) is 4.74 Å². The van der Waals surface area contributed by atoms with E-state index in [0.717, 1.165) is 29.9 Å². The van der Waals surface area contributed by atoms with Gasteiger partial charge < -0.3 is 9.84 Å². The Morgan fingerprint density at radius 1 is 1.30 bits per heavy atom. The molecular weight excluding hydrogens is 356 g/mol. The number of carbonyl (C=O) groups excluding carboxylic acids is 1. The van der Waals surface area contributed by atoms with E-state index in [1.807, 2.05) is 43.0 Å². The monoisotopic (exact) mass is 388 g/mol. The Morgan fingerprint density at radius 3 is 2.78 bits per heavy atom. The van der Waals surface area contributed by atoms with Crippen LogP contribution in [-0.4, -0.2) is 40.7 Å². The molecule has 3 rings (SSSR count). The Kier molecular flexibility index (Phi) is 7.57. The molecule has 2 fully saturated rings. The molecule has 2 aliphatic heterocycles. The molecule has 1 aromatic rings. The van der Waals surface area contributed by atoms with Gasteiger partial charge >= 0.3 is 0 Å². The maximum absolute atomic E-state index is 12.4. The summed E-state index contributed by atoms with van der Waals surface area (Å²) in [6.45, 7) is 4.18. The van der Waals surface area contributed by atoms with Crippen molar-refractivity contribution in [2.24, 2.45) is 11.8 Å². The van der Waals surface area contributed by atoms with Gasteiger partial charge in [0.2, 0.25) is 0 Å². The van der Waals surface area contributed by atoms with E-state index in [1.54, 1.807) is 0 Å². The number of Topliss-reactive ketones (excluding diaryl/α,β-unsaturated/α-hetero) is 1. The molecule has 0 amide bonds. The highest BCUT2D eigenvalue weighted by molar-refractivity contribution is 7.99. The number of fused-ring (bicyclic) bond motifs is 2. The van der Waals surface area contributed by atoms with E-state index in [-0.39, 0.29) is 30.0 Å². The molecule has 0 aromatic heterocycles. The summed E-state index contributed by atoms with van der Waals surface area (Å²) in [5.74, 6) is 2.92. The third kappa shape index (κ3) is 5.24. The van der Waals surface area contributed by atoms with E-state index < -0.39 is 6.10 Å². The molecule has 0 aliphatic carbocycles. The molecule has 0 saturated carbocycles. The second kappa shape index (κ2) is 9.90. The number of aliphatic hydroxyl groups is 1. The van der Waals surface area contributed by atoms with Crippen molar-refractivity contribution in [1.29, 1.82) is 0 Å². The number of hydrogen-bond donors (Lipinski definition) is 1. The van der Waals surface area contributed by atoms with Gasteiger partial charge in [-0.1, -0.05) is 56.3 Å². The van der Waals surface area contributed by atoms with Gasteiger partial charge in [0.05, 0.1) is 18.3 Å². The van der Waals surface area contributed by atoms with Crippen LogP contribution < -0.4 is 0 Å². The highest BCUT2D eigenvalue weighted by Gasteiger charge is 2.48. The van der Waals surface area contributed by atoms with Gasteiger partial charge in [0.1, 0.15) is 5.78 Å². The van der Waals surface area contributed by atoms with Crippen LogP contribution in [0.2, 0.25) is 0 Å². The zero-order chi connectivity index (χ0) is 19.2. The molecular formula is C23H32O3S. The van der Waals surface area contributed by atoms with Crippen LogP contribution in [0.25, 0.3) is 0 Å². The number of carbonyl (C=O) groups is 1. The largest absolute Gasteiger partial charge is 0.388 e. The number of ether oxygens (including phenoxy) is 1. The number of benzene rings is 1. The third-order valence-corrected chi connectivity index (χ3v) is 6.95. The molecule has 1 N–H and O–H groups in total. The lowest BCUT2D eigenvalue weighted by Gasteiger charge is -2.26. The van der Waals surface area contributed by atoms with E-state index in [1.165, 1.54) is 0 Å². The molecule has 148 valence electrons. The van der Waals surface area contributed by atoms with Gasteiger partial charge in [0, 0.05) is 36.3 Å². The van der Waals surface area contributed by atoms with Gasteiger partial charge in [-0.15, -0.1) is 0 Å². The van der Waals surface area contributed by atoms with Gasteiger partial charge in [-0.25, -0.2) is 0 Å². The van der Waals surface area contributed by atoms with Gasteiger partial charge in [-0.2, -0.15) is 11.8 Å². The zero-order valence-electron chi connectivity index (χ0n) is 16.4. The minimum Gasteiger partial charge on any atom is -0.388 e. The van der Waals surface area contributed by atoms with Crippen molar-refractivity contribution in [1.82, 2.24) is 0 Å². The summed E-state index contributed by atoms with van der Waals surface area (Å²) in [7, 11) is 0. The number of hydrogen-bond acceptors (Lipinski definition) is 4. The molecule has 3 nitrogen and oxygen atoms in total. The van der Waals surface area contributed by atoms with Crippen LogP contribution in [0.5, 0.6) is 0 Å². The molecule has 4 heteroatoms. The van der Waals surface area contributed by atoms with Crippen LogP contribution in [0.3, 0.4) is 0 Å². The van der Waals surface area contributed by atoms with Crippen LogP contribution in [0.1, 0.15) is 51.0 Å². The van der Waals surface area contributed by atoms with E-state index >= 15 is 0 Å². The fourth-order valence-corrected chi connectivity index (χ4v) is 5.06. The molecule has 6 atom stereocenters. The van der Waals surface area contributed by atoms with Crippen LogP contribution in [0, 0.1) is 11.8 Å². The van der Waals surface area contributed by atoms with Gasteiger partial charge in [0.15, 0.2) is 0 Å². The SMILES string of the molecule is CCSCCC(=O)C[C@H]1[C@@H](C=CC(O)C(C)c2ccccc2)[C@H]2CC[C@@H]1O2. The van der Waals surface area contributed by atoms with E-state index in [0.29, 0.717) is 18.6 Å². The number of aliphatic hydroxyl groups excluding tert-OH is 1. The first kappa shape index (κ1) is 20.6. The molecule has 0 spiro atoms. The van der Waals surface area contributed by atoms with Crippen molar-refractivity contribution in [2.75, 3.05) is 11.5 Å². The highest BCUT2D eigenvalue weighted by atomic mass is 32.2. The quantitative estimate of drug-likeness (QED) is 0.470. The predicted octanol–water partition coefficient (Wildman–Crippen LogP) is 4.60. The average molecular weight is 389 g/mol. The Morgan fingerprint density at radius 2 is 2.04 bits per heavy atom. The Bertz CT molecular complexity index is 630. The lowest BCUT2D eigenvalue weighted by Crippen LogP contribution is -2.28. The van der Waals surface area contributed by atoms with Crippen LogP contribution in [-0.2, 0) is 9.53 Å². The standard InChI is InChI=1S/C23H32O3S/c1-3-27-14-13-18(24)15-20-19(22-11-12-23(20)26-22)9-10-21(25)16(2)17-7-5-4-6-8-17/h4-10,16,19-23,25H,3,11-15H2,1-2H3/t16?,19-,20+,21?,22-,23+/m1/s1. The molecule has 0 radical (unpaired) electrons. The van der Waals surface area contributed by atoms with Crippen molar-refractivity contribution >= 4 is 17.5 Å². The van der Waals surface area contributed by atoms with Crippen molar-refractivity contribution in [3.8, 4) is 0 Å². The minimum absolute atomic E-state index is 0.0492. The zero-order valence-corrected chi connectivity index (χ0v) is 17.2. The molecule has 27 heavy (non-hydrogen) atoms. The van der Waals surface area contributed by atoms with Crippen LogP contribution >= 0.6 is 11.8 Å². The van der Waals surface area contributed by atoms with Crippen molar-refractivity contribution in [3.63, 3.8) is 0 Å². The minimum atomic E-state index is -0.524. The van der Waals surface area contributed by atoms with Crippen molar-refractivity contribution < 1.29 is 14.6 Å². The molecule has 2 aliphatic rings. The lowest BCUT2D eigenvalue weighted by atomic mass is 9.76. The Balaban J connectivity index is 1.60. The maximum Gasteiger partial charge on any atom is 0.134 e. The molecule has 2 bridgehead atoms. The number of thioether (sulfide) groups is 1. The first-order chi connectivity index (χ1) is 13.1. The lowest BCUT2D eigenvalue weighted by molar-refractivity contribution is -0.120. The smallest absolute Gasteiger partial charge is 0.134 e. The topological polar surface area (TPSA) is 46.5 Å². The van der Waals surface area contributed by atoms with Crippen molar-refractivity contribution in [2.45, 2.75) is 63.8 Å². The number of rotatable bonds is 10. The fraction of sp³-hybridized carbons (Fsp3) is 0.609. The summed E-state index contributed by atoms with van der Waals surface area (Å²) in [6.07, 6.45) is 7.39. The van der Waals surface area contributed by atoms with E-state index in [2.05, 4.69) is 25.1 Å². The summed E-state index contributed by atoms with van der Waals surface area (Å²) in [5, 5.41) is 10.6. The third-order valence-electron chi connectivity index (χ3n) is 6.05. The van der Waals surface area contributed by atoms with Gasteiger partial charge in [-0.3, -0.25) is 4.79 Å². The molecule has 2 saturated heterocycles. The van der Waals surface area contributed by atoms with Gasteiger partial charge in [-0.05, 0) is 24.2 Å². The Hall–Kier alpha value is -1.10. The molecule has 1 aromatic carbocycles. The summed E-state index contributed by atoms with van der Waals surface area (Å²) in [6, 6.07) is 10.1. The second-order valence-electron chi connectivity index (χ2n) is 7.80. The van der Waals surface area contributed by atoms with Crippen molar-refractivity contribution in [3.05, 3.63) is 48.0 Å². The highest BCUT2D eigenvalue weighted by Crippen LogP contribution is 2.46. The van der Waals surface area contributed by atoms with Crippen LogP contribution in [0.15, 0.2) is 42.5 Å². The van der Waals surface area contributed by atoms with Crippen LogP contribution in [0.4, 0.5) is 0 Å². The molecule has 2 heterocycles. The number of ketones is 1. The second-order valence-corrected chi connectivity index (χ2v) is 9.19. The summed E-state index contributed by atoms with van der Waals surface area (Å²) in [4.78, 5) is 12.4. The first-order valence-corrected chi connectivity index (χ1v) is 11.4. The first-order valence-electron chi connectivity index (χ1n) is 10.3. The summed E-state index contributed by atoms with van der Waals surface area (Å²) in [5.41, 5.74) is 1.14. The Labute approximate surface area is 167 Å². The van der Waals surface area contributed by atoms with Gasteiger partial charge in [0.25, 0.3) is 0 Å². The summed E-state index contributed by atoms with van der Waals surface area (Å²) >= 11 is 1.83. The van der Waals surface area contributed by atoms with E-state index in [9.17, 15) is 9.90 Å². The molecule has 2 unspecified atom stereocenters. The summed E-state index contributed by atoms with van der Waals surface area (Å²) < 4.78 is 6.11. The fourth-order valence-electron chi connectivity index (χ4n) is 4.40. The average Bonchev–Trinajstić information content (AvgIpc) is 3.28. The normalized spacial score (nSPS) is 29.3. The maximum atomic E-state index is 12.4. The predicted molar refractivity (Wildman–Crippen MR) is 112 cm³/mol.